The Balaban J connectivity index is 2.44. The summed E-state index contributed by atoms with van der Waals surface area (Å²) in [6.45, 7) is 4.55. The molecule has 18 heavy (non-hydrogen) atoms. The number of aromatic nitrogens is 1. The highest BCUT2D eigenvalue weighted by Gasteiger charge is 2.19. The number of para-hydroxylation sites is 1. The van der Waals surface area contributed by atoms with Crippen molar-refractivity contribution in [2.24, 2.45) is 5.92 Å². The van der Waals surface area contributed by atoms with Gasteiger partial charge in [-0.1, -0.05) is 44.5 Å². The molecular weight excluding hydrogens is 220 g/mol. The van der Waals surface area contributed by atoms with Crippen molar-refractivity contribution in [1.29, 1.82) is 0 Å². The van der Waals surface area contributed by atoms with Crippen molar-refractivity contribution in [1.82, 2.24) is 10.3 Å². The molecule has 0 saturated carbocycles. The van der Waals surface area contributed by atoms with Gasteiger partial charge in [0.1, 0.15) is 0 Å². The molecule has 2 unspecified atom stereocenters. The van der Waals surface area contributed by atoms with Crippen LogP contribution in [0.4, 0.5) is 0 Å². The van der Waals surface area contributed by atoms with Crippen LogP contribution < -0.4 is 5.32 Å². The molecule has 2 heteroatoms. The SMILES string of the molecule is CCCC(C)C(NC)c1cccc2cccnc12. The lowest BCUT2D eigenvalue weighted by Gasteiger charge is -2.24. The van der Waals surface area contributed by atoms with E-state index >= 15 is 0 Å². The van der Waals surface area contributed by atoms with Crippen LogP contribution in [-0.2, 0) is 0 Å². The minimum atomic E-state index is 0.378. The Morgan fingerprint density at radius 2 is 2.00 bits per heavy atom. The number of fused-ring (bicyclic) bond motifs is 1. The van der Waals surface area contributed by atoms with Gasteiger partial charge < -0.3 is 5.32 Å². The molecule has 0 aliphatic heterocycles. The first kappa shape index (κ1) is 13.0. The Labute approximate surface area is 109 Å². The maximum atomic E-state index is 4.55. The molecule has 2 nitrogen and oxygen atoms in total. The van der Waals surface area contributed by atoms with Crippen LogP contribution in [0.1, 0.15) is 38.3 Å². The normalized spacial score (nSPS) is 14.6. The van der Waals surface area contributed by atoms with E-state index in [9.17, 15) is 0 Å². The molecule has 0 saturated heterocycles. The summed E-state index contributed by atoms with van der Waals surface area (Å²) in [5.41, 5.74) is 2.44. The van der Waals surface area contributed by atoms with Crippen molar-refractivity contribution in [3.05, 3.63) is 42.1 Å². The third-order valence-electron chi connectivity index (χ3n) is 3.62. The zero-order valence-corrected chi connectivity index (χ0v) is 11.5. The predicted octanol–water partition coefficient (Wildman–Crippen LogP) is 3.93. The minimum Gasteiger partial charge on any atom is -0.313 e. The molecule has 0 aliphatic rings. The molecule has 0 aliphatic carbocycles. The molecule has 1 N–H and O–H groups in total. The van der Waals surface area contributed by atoms with Crippen molar-refractivity contribution in [2.45, 2.75) is 32.7 Å². The molecule has 0 spiro atoms. The maximum Gasteiger partial charge on any atom is 0.0749 e. The van der Waals surface area contributed by atoms with Gasteiger partial charge in [-0.3, -0.25) is 4.98 Å². The first-order valence-electron chi connectivity index (χ1n) is 6.78. The van der Waals surface area contributed by atoms with Crippen LogP contribution in [0.15, 0.2) is 36.5 Å². The van der Waals surface area contributed by atoms with Crippen LogP contribution in [0.25, 0.3) is 10.9 Å². The van der Waals surface area contributed by atoms with Crippen molar-refractivity contribution < 1.29 is 0 Å². The number of rotatable bonds is 5. The molecule has 0 radical (unpaired) electrons. The molecule has 1 aromatic heterocycles. The van der Waals surface area contributed by atoms with Gasteiger partial charge in [-0.2, -0.15) is 0 Å². The molecule has 1 heterocycles. The van der Waals surface area contributed by atoms with Crippen molar-refractivity contribution in [2.75, 3.05) is 7.05 Å². The smallest absolute Gasteiger partial charge is 0.0749 e. The molecule has 96 valence electrons. The second-order valence-electron chi connectivity index (χ2n) is 4.95. The molecular formula is C16H22N2. The van der Waals surface area contributed by atoms with Crippen LogP contribution in [0.3, 0.4) is 0 Å². The van der Waals surface area contributed by atoms with Gasteiger partial charge in [0.15, 0.2) is 0 Å². The second kappa shape index (κ2) is 5.96. The standard InChI is InChI=1S/C16H22N2/c1-4-7-12(2)15(17-3)14-10-5-8-13-9-6-11-18-16(13)14/h5-6,8-12,15,17H,4,7H2,1-3H3. The van der Waals surface area contributed by atoms with Crippen LogP contribution in [-0.4, -0.2) is 12.0 Å². The molecule has 0 bridgehead atoms. The lowest BCUT2D eigenvalue weighted by molar-refractivity contribution is 0.385. The molecule has 2 atom stereocenters. The highest BCUT2D eigenvalue weighted by Crippen LogP contribution is 2.29. The van der Waals surface area contributed by atoms with Crippen molar-refractivity contribution in [3.63, 3.8) is 0 Å². The van der Waals surface area contributed by atoms with Gasteiger partial charge in [0.05, 0.1) is 5.52 Å². The maximum absolute atomic E-state index is 4.55. The number of hydrogen-bond acceptors (Lipinski definition) is 2. The predicted molar refractivity (Wildman–Crippen MR) is 77.6 cm³/mol. The van der Waals surface area contributed by atoms with E-state index in [4.69, 9.17) is 0 Å². The summed E-state index contributed by atoms with van der Waals surface area (Å²) in [4.78, 5) is 4.55. The summed E-state index contributed by atoms with van der Waals surface area (Å²) in [5.74, 6) is 0.618. The van der Waals surface area contributed by atoms with E-state index in [1.807, 2.05) is 19.3 Å². The summed E-state index contributed by atoms with van der Waals surface area (Å²) in [7, 11) is 2.04. The zero-order valence-electron chi connectivity index (χ0n) is 11.5. The Hall–Kier alpha value is -1.41. The third kappa shape index (κ3) is 2.54. The molecule has 0 fully saturated rings. The average molecular weight is 242 g/mol. The summed E-state index contributed by atoms with van der Waals surface area (Å²) < 4.78 is 0. The van der Waals surface area contributed by atoms with Gasteiger partial charge in [-0.05, 0) is 31.0 Å². The summed E-state index contributed by atoms with van der Waals surface area (Å²) in [6, 6.07) is 11.0. The Bertz CT molecular complexity index is 502. The Morgan fingerprint density at radius 1 is 1.22 bits per heavy atom. The first-order chi connectivity index (χ1) is 8.77. The summed E-state index contributed by atoms with van der Waals surface area (Å²) in [6.07, 6.45) is 4.33. The molecule has 2 aromatic rings. The number of hydrogen-bond donors (Lipinski definition) is 1. The Kier molecular flexibility index (Phi) is 4.32. The van der Waals surface area contributed by atoms with Crippen LogP contribution in [0.5, 0.6) is 0 Å². The Morgan fingerprint density at radius 3 is 2.72 bits per heavy atom. The van der Waals surface area contributed by atoms with Gasteiger partial charge in [0.25, 0.3) is 0 Å². The first-order valence-corrected chi connectivity index (χ1v) is 6.78. The van der Waals surface area contributed by atoms with Crippen LogP contribution >= 0.6 is 0 Å². The van der Waals surface area contributed by atoms with E-state index < -0.39 is 0 Å². The fourth-order valence-electron chi connectivity index (χ4n) is 2.75. The zero-order chi connectivity index (χ0) is 13.0. The summed E-state index contributed by atoms with van der Waals surface area (Å²) in [5, 5.41) is 4.68. The van der Waals surface area contributed by atoms with Gasteiger partial charge >= 0.3 is 0 Å². The lowest BCUT2D eigenvalue weighted by atomic mass is 9.90. The quantitative estimate of drug-likeness (QED) is 0.859. The topological polar surface area (TPSA) is 24.9 Å². The van der Waals surface area contributed by atoms with Gasteiger partial charge in [-0.25, -0.2) is 0 Å². The second-order valence-corrected chi connectivity index (χ2v) is 4.95. The van der Waals surface area contributed by atoms with E-state index in [-0.39, 0.29) is 0 Å². The number of nitrogens with one attached hydrogen (secondary N) is 1. The van der Waals surface area contributed by atoms with Gasteiger partial charge in [-0.15, -0.1) is 0 Å². The largest absolute Gasteiger partial charge is 0.313 e. The molecule has 0 amide bonds. The van der Waals surface area contributed by atoms with Crippen LogP contribution in [0.2, 0.25) is 0 Å². The van der Waals surface area contributed by atoms with Crippen molar-refractivity contribution in [3.8, 4) is 0 Å². The van der Waals surface area contributed by atoms with E-state index in [1.54, 1.807) is 0 Å². The number of benzene rings is 1. The van der Waals surface area contributed by atoms with Crippen molar-refractivity contribution >= 4 is 10.9 Å². The fraction of sp³-hybridized carbons (Fsp3) is 0.438. The highest BCUT2D eigenvalue weighted by molar-refractivity contribution is 5.82. The third-order valence-corrected chi connectivity index (χ3v) is 3.62. The van der Waals surface area contributed by atoms with E-state index in [0.717, 1.165) is 5.52 Å². The van der Waals surface area contributed by atoms with E-state index in [1.165, 1.54) is 23.8 Å². The summed E-state index contributed by atoms with van der Waals surface area (Å²) >= 11 is 0. The minimum absolute atomic E-state index is 0.378. The monoisotopic (exact) mass is 242 g/mol. The average Bonchev–Trinajstić information content (AvgIpc) is 2.40. The van der Waals surface area contributed by atoms with Gasteiger partial charge in [0, 0.05) is 17.6 Å². The fourth-order valence-corrected chi connectivity index (χ4v) is 2.75. The van der Waals surface area contributed by atoms with Gasteiger partial charge in [0.2, 0.25) is 0 Å². The van der Waals surface area contributed by atoms with Crippen LogP contribution in [0, 0.1) is 5.92 Å². The number of pyridine rings is 1. The highest BCUT2D eigenvalue weighted by atomic mass is 14.9. The molecule has 2 rings (SSSR count). The van der Waals surface area contributed by atoms with E-state index in [0.29, 0.717) is 12.0 Å². The molecule has 1 aromatic carbocycles. The number of nitrogens with zero attached hydrogens (tertiary/aromatic N) is 1. The van der Waals surface area contributed by atoms with E-state index in [2.05, 4.69) is 48.4 Å². The lowest BCUT2D eigenvalue weighted by Crippen LogP contribution is -2.23.